The van der Waals surface area contributed by atoms with E-state index in [2.05, 4.69) is 0 Å². The molecular formula is C5H9NO. The Labute approximate surface area is 43.4 Å². The Morgan fingerprint density at radius 1 is 1.86 bits per heavy atom. The highest BCUT2D eigenvalue weighted by Crippen LogP contribution is 1.91. The van der Waals surface area contributed by atoms with Gasteiger partial charge in [-0.3, -0.25) is 0 Å². The van der Waals surface area contributed by atoms with Crippen LogP contribution in [0.3, 0.4) is 0 Å². The van der Waals surface area contributed by atoms with E-state index in [-0.39, 0.29) is 6.10 Å². The van der Waals surface area contributed by atoms with Gasteiger partial charge in [-0.1, -0.05) is 0 Å². The van der Waals surface area contributed by atoms with Crippen molar-refractivity contribution in [2.45, 2.75) is 25.9 Å². The minimum Gasteiger partial charge on any atom is -0.393 e. The molecule has 0 fully saturated rings. The van der Waals surface area contributed by atoms with Crippen LogP contribution in [0.15, 0.2) is 0 Å². The fraction of sp³-hybridized carbons (Fsp3) is 0.800. The largest absolute Gasteiger partial charge is 0.393 e. The van der Waals surface area contributed by atoms with Gasteiger partial charge in [0.05, 0.1) is 12.2 Å². The van der Waals surface area contributed by atoms with Gasteiger partial charge in [-0.25, -0.2) is 0 Å². The second-order valence-corrected chi connectivity index (χ2v) is 1.55. The number of nitrogens with zero attached hydrogens (tertiary/aromatic N) is 1. The first-order chi connectivity index (χ1) is 3.27. The molecule has 0 aliphatic heterocycles. The summed E-state index contributed by atoms with van der Waals surface area (Å²) < 4.78 is 0. The van der Waals surface area contributed by atoms with E-state index < -0.39 is 0 Å². The third kappa shape index (κ3) is 5.45. The lowest BCUT2D eigenvalue weighted by Gasteiger charge is -1.94. The predicted octanol–water partition coefficient (Wildman–Crippen LogP) is 0.671. The first-order valence-corrected chi connectivity index (χ1v) is 2.32. The Morgan fingerprint density at radius 2 is 2.43 bits per heavy atom. The number of aliphatic hydroxyl groups is 1. The zero-order valence-corrected chi connectivity index (χ0v) is 4.39. The SMILES string of the molecule is C[C@H](O)CCC#N. The highest BCUT2D eigenvalue weighted by atomic mass is 16.3. The minimum atomic E-state index is -0.320. The van der Waals surface area contributed by atoms with Crippen LogP contribution in [0.4, 0.5) is 0 Å². The van der Waals surface area contributed by atoms with Crippen LogP contribution in [0.5, 0.6) is 0 Å². The summed E-state index contributed by atoms with van der Waals surface area (Å²) in [5, 5.41) is 16.5. The third-order valence-electron chi connectivity index (χ3n) is 0.674. The summed E-state index contributed by atoms with van der Waals surface area (Å²) in [6, 6.07) is 1.94. The smallest absolute Gasteiger partial charge is 0.0622 e. The molecule has 2 nitrogen and oxygen atoms in total. The lowest BCUT2D eigenvalue weighted by atomic mass is 10.2. The summed E-state index contributed by atoms with van der Waals surface area (Å²) >= 11 is 0. The second kappa shape index (κ2) is 3.63. The monoisotopic (exact) mass is 99.1 g/mol. The maximum absolute atomic E-state index is 8.53. The van der Waals surface area contributed by atoms with Crippen molar-refractivity contribution in [1.82, 2.24) is 0 Å². The van der Waals surface area contributed by atoms with Crippen LogP contribution < -0.4 is 0 Å². The van der Waals surface area contributed by atoms with Gasteiger partial charge in [0.25, 0.3) is 0 Å². The molecule has 0 spiro atoms. The molecule has 7 heavy (non-hydrogen) atoms. The molecule has 0 aliphatic carbocycles. The van der Waals surface area contributed by atoms with Gasteiger partial charge in [0, 0.05) is 6.42 Å². The van der Waals surface area contributed by atoms with E-state index in [4.69, 9.17) is 10.4 Å². The molecular weight excluding hydrogens is 90.1 g/mol. The summed E-state index contributed by atoms with van der Waals surface area (Å²) in [4.78, 5) is 0. The Bertz CT molecular complexity index is 72.6. The molecule has 0 bridgehead atoms. The van der Waals surface area contributed by atoms with Crippen molar-refractivity contribution in [2.24, 2.45) is 0 Å². The fourth-order valence-electron chi connectivity index (χ4n) is 0.273. The second-order valence-electron chi connectivity index (χ2n) is 1.55. The molecule has 0 unspecified atom stereocenters. The van der Waals surface area contributed by atoms with Crippen molar-refractivity contribution in [2.75, 3.05) is 0 Å². The van der Waals surface area contributed by atoms with Crippen molar-refractivity contribution < 1.29 is 5.11 Å². The molecule has 2 heteroatoms. The van der Waals surface area contributed by atoms with E-state index in [9.17, 15) is 0 Å². The maximum Gasteiger partial charge on any atom is 0.0622 e. The molecule has 0 aromatic carbocycles. The van der Waals surface area contributed by atoms with Crippen LogP contribution >= 0.6 is 0 Å². The summed E-state index contributed by atoms with van der Waals surface area (Å²) in [5.41, 5.74) is 0. The van der Waals surface area contributed by atoms with Crippen LogP contribution in [-0.2, 0) is 0 Å². The molecule has 1 N–H and O–H groups in total. The first kappa shape index (κ1) is 6.45. The average Bonchev–Trinajstić information content (AvgIpc) is 1.61. The molecule has 0 aliphatic rings. The highest BCUT2D eigenvalue weighted by Gasteiger charge is 1.90. The molecule has 0 aromatic rings. The van der Waals surface area contributed by atoms with Gasteiger partial charge in [-0.15, -0.1) is 0 Å². The van der Waals surface area contributed by atoms with Crippen LogP contribution in [0.1, 0.15) is 19.8 Å². The minimum absolute atomic E-state index is 0.320. The Morgan fingerprint density at radius 3 is 2.57 bits per heavy atom. The standard InChI is InChI=1S/C5H9NO/c1-5(7)3-2-4-6/h5,7H,2-3H2,1H3/t5-/m0/s1. The van der Waals surface area contributed by atoms with Crippen molar-refractivity contribution >= 4 is 0 Å². The molecule has 0 heterocycles. The van der Waals surface area contributed by atoms with Crippen molar-refractivity contribution in [3.63, 3.8) is 0 Å². The first-order valence-electron chi connectivity index (χ1n) is 2.32. The number of aliphatic hydroxyl groups excluding tert-OH is 1. The molecule has 0 amide bonds. The maximum atomic E-state index is 8.53. The van der Waals surface area contributed by atoms with E-state index in [1.165, 1.54) is 0 Å². The summed E-state index contributed by atoms with van der Waals surface area (Å²) in [6.07, 6.45) is 0.730. The Hall–Kier alpha value is -0.550. The molecule has 0 saturated carbocycles. The van der Waals surface area contributed by atoms with Gasteiger partial charge in [0.1, 0.15) is 0 Å². The Balaban J connectivity index is 2.86. The van der Waals surface area contributed by atoms with Crippen LogP contribution in [0.25, 0.3) is 0 Å². The predicted molar refractivity (Wildman–Crippen MR) is 26.5 cm³/mol. The van der Waals surface area contributed by atoms with E-state index in [0.29, 0.717) is 12.8 Å². The molecule has 0 radical (unpaired) electrons. The summed E-state index contributed by atoms with van der Waals surface area (Å²) in [6.45, 7) is 1.68. The lowest BCUT2D eigenvalue weighted by Crippen LogP contribution is -1.96. The quantitative estimate of drug-likeness (QED) is 0.553. The lowest BCUT2D eigenvalue weighted by molar-refractivity contribution is 0.186. The fourth-order valence-corrected chi connectivity index (χ4v) is 0.273. The van der Waals surface area contributed by atoms with Crippen molar-refractivity contribution in [1.29, 1.82) is 5.26 Å². The molecule has 0 saturated heterocycles. The van der Waals surface area contributed by atoms with E-state index in [1.807, 2.05) is 6.07 Å². The summed E-state index contributed by atoms with van der Waals surface area (Å²) in [5.74, 6) is 0. The van der Waals surface area contributed by atoms with Gasteiger partial charge in [-0.2, -0.15) is 5.26 Å². The van der Waals surface area contributed by atoms with Gasteiger partial charge in [0.2, 0.25) is 0 Å². The molecule has 0 rings (SSSR count). The van der Waals surface area contributed by atoms with E-state index >= 15 is 0 Å². The third-order valence-corrected chi connectivity index (χ3v) is 0.674. The zero-order chi connectivity index (χ0) is 5.70. The van der Waals surface area contributed by atoms with Crippen molar-refractivity contribution in [3.8, 4) is 6.07 Å². The topological polar surface area (TPSA) is 44.0 Å². The summed E-state index contributed by atoms with van der Waals surface area (Å²) in [7, 11) is 0. The van der Waals surface area contributed by atoms with Gasteiger partial charge >= 0.3 is 0 Å². The van der Waals surface area contributed by atoms with Crippen molar-refractivity contribution in [3.05, 3.63) is 0 Å². The number of hydrogen-bond acceptors (Lipinski definition) is 2. The van der Waals surface area contributed by atoms with Crippen LogP contribution in [0, 0.1) is 11.3 Å². The van der Waals surface area contributed by atoms with Crippen LogP contribution in [0.2, 0.25) is 0 Å². The molecule has 1 atom stereocenters. The number of rotatable bonds is 2. The number of hydrogen-bond donors (Lipinski definition) is 1. The molecule has 40 valence electrons. The normalized spacial score (nSPS) is 12.7. The highest BCUT2D eigenvalue weighted by molar-refractivity contribution is 4.69. The molecule has 0 aromatic heterocycles. The van der Waals surface area contributed by atoms with Crippen LogP contribution in [-0.4, -0.2) is 11.2 Å². The van der Waals surface area contributed by atoms with Gasteiger partial charge < -0.3 is 5.11 Å². The van der Waals surface area contributed by atoms with E-state index in [1.54, 1.807) is 6.92 Å². The van der Waals surface area contributed by atoms with Gasteiger partial charge in [-0.05, 0) is 13.3 Å². The van der Waals surface area contributed by atoms with Gasteiger partial charge in [0.15, 0.2) is 0 Å². The van der Waals surface area contributed by atoms with E-state index in [0.717, 1.165) is 0 Å². The Kier molecular flexibility index (Phi) is 3.35. The average molecular weight is 99.1 g/mol. The number of nitriles is 1. The zero-order valence-electron chi connectivity index (χ0n) is 4.39.